The molecule has 0 aromatic heterocycles. The van der Waals surface area contributed by atoms with Crippen LogP contribution >= 0.6 is 10.7 Å². The minimum absolute atomic E-state index is 0.0308. The van der Waals surface area contributed by atoms with Crippen LogP contribution in [-0.2, 0) is 25.5 Å². The molecule has 0 unspecified atom stereocenters. The van der Waals surface area contributed by atoms with E-state index in [1.54, 1.807) is 12.1 Å². The number of sulfonamides is 1. The second-order valence-corrected chi connectivity index (χ2v) is 9.32. The average molecular weight is 340 g/mol. The summed E-state index contributed by atoms with van der Waals surface area (Å²) in [6.07, 6.45) is 0.486. The maximum atomic E-state index is 11.6. The van der Waals surface area contributed by atoms with E-state index >= 15 is 0 Å². The fourth-order valence-corrected chi connectivity index (χ4v) is 3.85. The lowest BCUT2D eigenvalue weighted by molar-refractivity contribution is 0.568. The summed E-state index contributed by atoms with van der Waals surface area (Å²) in [6, 6.07) is 6.04. The molecule has 0 saturated heterocycles. The van der Waals surface area contributed by atoms with E-state index in [1.165, 1.54) is 12.1 Å². The van der Waals surface area contributed by atoms with Crippen molar-refractivity contribution in [3.63, 3.8) is 0 Å². The van der Waals surface area contributed by atoms with Crippen LogP contribution in [0.5, 0.6) is 0 Å². The molecule has 0 radical (unpaired) electrons. The van der Waals surface area contributed by atoms with Crippen LogP contribution in [0, 0.1) is 5.92 Å². The van der Waals surface area contributed by atoms with Gasteiger partial charge in [0.1, 0.15) is 0 Å². The largest absolute Gasteiger partial charge is 0.261 e. The third kappa shape index (κ3) is 6.21. The molecule has 0 aliphatic rings. The van der Waals surface area contributed by atoms with Gasteiger partial charge in [-0.1, -0.05) is 26.0 Å². The van der Waals surface area contributed by atoms with Crippen LogP contribution in [0.2, 0.25) is 0 Å². The van der Waals surface area contributed by atoms with Gasteiger partial charge in [-0.25, -0.2) is 21.6 Å². The summed E-state index contributed by atoms with van der Waals surface area (Å²) in [7, 11) is -1.76. The van der Waals surface area contributed by atoms with Crippen molar-refractivity contribution in [2.24, 2.45) is 5.92 Å². The summed E-state index contributed by atoms with van der Waals surface area (Å²) in [4.78, 5) is 0.0308. The Labute approximate surface area is 124 Å². The average Bonchev–Trinajstić information content (AvgIpc) is 2.26. The molecule has 114 valence electrons. The van der Waals surface area contributed by atoms with Crippen LogP contribution in [0.1, 0.15) is 19.4 Å². The van der Waals surface area contributed by atoms with Gasteiger partial charge in [-0.05, 0) is 30.0 Å². The number of rotatable bonds is 7. The van der Waals surface area contributed by atoms with Gasteiger partial charge in [-0.3, -0.25) is 0 Å². The third-order valence-electron chi connectivity index (χ3n) is 2.49. The molecule has 0 bridgehead atoms. The molecule has 0 aliphatic carbocycles. The van der Waals surface area contributed by atoms with Crippen molar-refractivity contribution in [2.75, 3.05) is 12.3 Å². The summed E-state index contributed by atoms with van der Waals surface area (Å²) >= 11 is 0. The van der Waals surface area contributed by atoms with Crippen molar-refractivity contribution in [3.8, 4) is 0 Å². The van der Waals surface area contributed by atoms with Gasteiger partial charge in [0.25, 0.3) is 9.05 Å². The molecule has 1 rings (SSSR count). The van der Waals surface area contributed by atoms with Crippen LogP contribution in [0.25, 0.3) is 0 Å². The zero-order chi connectivity index (χ0) is 15.4. The molecule has 0 saturated carbocycles. The maximum absolute atomic E-state index is 11.6. The minimum atomic E-state index is -3.72. The van der Waals surface area contributed by atoms with Crippen LogP contribution < -0.4 is 4.72 Å². The maximum Gasteiger partial charge on any atom is 0.261 e. The Morgan fingerprint density at radius 1 is 1.10 bits per heavy atom. The SMILES string of the molecule is CC(C)CS(=O)(=O)NCCc1ccc(S(=O)(=O)Cl)cc1. The van der Waals surface area contributed by atoms with E-state index in [2.05, 4.69) is 4.72 Å². The highest BCUT2D eigenvalue weighted by Gasteiger charge is 2.12. The molecule has 1 N–H and O–H groups in total. The van der Waals surface area contributed by atoms with E-state index in [4.69, 9.17) is 10.7 Å². The molecular weight excluding hydrogens is 322 g/mol. The van der Waals surface area contributed by atoms with E-state index in [0.717, 1.165) is 5.56 Å². The Kier molecular flexibility index (Phi) is 6.00. The number of benzene rings is 1. The summed E-state index contributed by atoms with van der Waals surface area (Å²) < 4.78 is 47.9. The highest BCUT2D eigenvalue weighted by Crippen LogP contribution is 2.15. The van der Waals surface area contributed by atoms with Gasteiger partial charge in [-0.2, -0.15) is 0 Å². The van der Waals surface area contributed by atoms with E-state index in [9.17, 15) is 16.8 Å². The van der Waals surface area contributed by atoms with E-state index in [0.29, 0.717) is 6.42 Å². The third-order valence-corrected chi connectivity index (χ3v) is 5.61. The lowest BCUT2D eigenvalue weighted by Gasteiger charge is -2.08. The Morgan fingerprint density at radius 3 is 2.10 bits per heavy atom. The highest BCUT2D eigenvalue weighted by molar-refractivity contribution is 8.13. The number of nitrogens with one attached hydrogen (secondary N) is 1. The standard InChI is InChI=1S/C12H18ClNO4S2/c1-10(2)9-19(15,16)14-8-7-11-3-5-12(6-4-11)20(13,17)18/h3-6,10,14H,7-9H2,1-2H3. The molecule has 20 heavy (non-hydrogen) atoms. The monoisotopic (exact) mass is 339 g/mol. The minimum Gasteiger partial charge on any atom is -0.215 e. The van der Waals surface area contributed by atoms with E-state index in [-0.39, 0.29) is 23.1 Å². The second kappa shape index (κ2) is 6.89. The molecule has 0 atom stereocenters. The summed E-state index contributed by atoms with van der Waals surface area (Å²) in [5.41, 5.74) is 0.835. The lowest BCUT2D eigenvalue weighted by Crippen LogP contribution is -2.30. The molecule has 0 amide bonds. The molecule has 0 heterocycles. The molecule has 1 aromatic carbocycles. The first-order valence-corrected chi connectivity index (χ1v) is 10.1. The van der Waals surface area contributed by atoms with Crippen molar-refractivity contribution in [3.05, 3.63) is 29.8 Å². The fraction of sp³-hybridized carbons (Fsp3) is 0.500. The Balaban J connectivity index is 2.55. The normalized spacial score (nSPS) is 12.8. The van der Waals surface area contributed by atoms with E-state index in [1.807, 2.05) is 13.8 Å². The zero-order valence-electron chi connectivity index (χ0n) is 11.3. The van der Waals surface area contributed by atoms with Gasteiger partial charge in [0.2, 0.25) is 10.0 Å². The molecule has 8 heteroatoms. The molecule has 0 fully saturated rings. The van der Waals surface area contributed by atoms with Gasteiger partial charge in [0, 0.05) is 17.2 Å². The lowest BCUT2D eigenvalue weighted by atomic mass is 10.2. The first-order chi connectivity index (χ1) is 9.10. The molecular formula is C12H18ClNO4S2. The quantitative estimate of drug-likeness (QED) is 0.767. The van der Waals surface area contributed by atoms with Gasteiger partial charge >= 0.3 is 0 Å². The first-order valence-electron chi connectivity index (χ1n) is 6.11. The van der Waals surface area contributed by atoms with Crippen molar-refractivity contribution < 1.29 is 16.8 Å². The zero-order valence-corrected chi connectivity index (χ0v) is 13.7. The van der Waals surface area contributed by atoms with Gasteiger partial charge in [-0.15, -0.1) is 0 Å². The number of halogens is 1. The Hall–Kier alpha value is -0.630. The topological polar surface area (TPSA) is 80.3 Å². The first kappa shape index (κ1) is 17.4. The number of hydrogen-bond donors (Lipinski definition) is 1. The Bertz CT molecular complexity index is 637. The van der Waals surface area contributed by atoms with Crippen molar-refractivity contribution in [2.45, 2.75) is 25.2 Å². The predicted octanol–water partition coefficient (Wildman–Crippen LogP) is 1.73. The van der Waals surface area contributed by atoms with Crippen molar-refractivity contribution in [1.29, 1.82) is 0 Å². The van der Waals surface area contributed by atoms with Crippen LogP contribution in [0.4, 0.5) is 0 Å². The van der Waals surface area contributed by atoms with Gasteiger partial charge in [0.15, 0.2) is 0 Å². The molecule has 1 aromatic rings. The Morgan fingerprint density at radius 2 is 1.65 bits per heavy atom. The summed E-state index contributed by atoms with van der Waals surface area (Å²) in [6.45, 7) is 3.96. The van der Waals surface area contributed by atoms with Gasteiger partial charge < -0.3 is 0 Å². The molecule has 0 aliphatic heterocycles. The highest BCUT2D eigenvalue weighted by atomic mass is 35.7. The summed E-state index contributed by atoms with van der Waals surface area (Å²) in [5.74, 6) is 0.164. The van der Waals surface area contributed by atoms with Crippen LogP contribution in [0.15, 0.2) is 29.2 Å². The fourth-order valence-electron chi connectivity index (χ4n) is 1.67. The smallest absolute Gasteiger partial charge is 0.215 e. The predicted molar refractivity (Wildman–Crippen MR) is 79.8 cm³/mol. The van der Waals surface area contributed by atoms with Gasteiger partial charge in [0.05, 0.1) is 10.6 Å². The van der Waals surface area contributed by atoms with Crippen molar-refractivity contribution in [1.82, 2.24) is 4.72 Å². The second-order valence-electron chi connectivity index (χ2n) is 4.90. The van der Waals surface area contributed by atoms with Crippen LogP contribution in [0.3, 0.4) is 0 Å². The number of hydrogen-bond acceptors (Lipinski definition) is 4. The van der Waals surface area contributed by atoms with Crippen LogP contribution in [-0.4, -0.2) is 29.1 Å². The molecule has 5 nitrogen and oxygen atoms in total. The molecule has 0 spiro atoms. The van der Waals surface area contributed by atoms with E-state index < -0.39 is 19.1 Å². The summed E-state index contributed by atoms with van der Waals surface area (Å²) in [5, 5.41) is 0. The van der Waals surface area contributed by atoms with Crippen molar-refractivity contribution >= 4 is 29.8 Å².